The van der Waals surface area contributed by atoms with E-state index in [4.69, 9.17) is 0 Å². The highest BCUT2D eigenvalue weighted by Crippen LogP contribution is 2.49. The number of nitrogens with zero attached hydrogens (tertiary/aromatic N) is 2. The van der Waals surface area contributed by atoms with Crippen LogP contribution in [0.5, 0.6) is 0 Å². The topological polar surface area (TPSA) is 40.6 Å². The molecule has 2 amide bonds. The zero-order valence-corrected chi connectivity index (χ0v) is 29.0. The van der Waals surface area contributed by atoms with Crippen molar-refractivity contribution < 1.29 is 9.59 Å². The third-order valence-electron chi connectivity index (χ3n) is 10.2. The highest BCUT2D eigenvalue weighted by atomic mass is 16.2. The van der Waals surface area contributed by atoms with Crippen molar-refractivity contribution in [1.29, 1.82) is 0 Å². The number of rotatable bonds is 8. The molecule has 0 saturated carbocycles. The number of hydrogen-bond donors (Lipinski definition) is 0. The average molecular weight is 653 g/mol. The summed E-state index contributed by atoms with van der Waals surface area (Å²) in [7, 11) is 0. The molecule has 0 spiro atoms. The Bertz CT molecular complexity index is 2180. The van der Waals surface area contributed by atoms with Gasteiger partial charge in [0.2, 0.25) is 0 Å². The number of benzene rings is 6. The minimum Gasteiger partial charge on any atom is -0.302 e. The molecular weight excluding hydrogens is 613 g/mol. The molecule has 6 aromatic carbocycles. The lowest BCUT2D eigenvalue weighted by molar-refractivity contribution is -0.124. The molecule has 0 saturated heterocycles. The number of carbonyl (C=O) groups excluding carboxylic acids is 2. The normalized spacial score (nSPS) is 14.8. The Balaban J connectivity index is 1.37. The van der Waals surface area contributed by atoms with Crippen LogP contribution >= 0.6 is 0 Å². The summed E-state index contributed by atoms with van der Waals surface area (Å²) in [5.41, 5.74) is 8.61. The highest BCUT2D eigenvalue weighted by Gasteiger charge is 2.49. The SMILES string of the molecule is CC(C)c1ccc(CN2C(=O)C3=C(c4cccc5ccccc45)N(Cc4ccc(C(C)C)cc4)C(=O)C3=C2c2cccc3ccccc23)cc1. The van der Waals surface area contributed by atoms with E-state index in [0.29, 0.717) is 47.5 Å². The number of amides is 2. The van der Waals surface area contributed by atoms with Gasteiger partial charge in [0.1, 0.15) is 0 Å². The number of hydrogen-bond acceptors (Lipinski definition) is 2. The van der Waals surface area contributed by atoms with E-state index in [1.54, 1.807) is 0 Å². The Morgan fingerprint density at radius 3 is 1.18 bits per heavy atom. The molecule has 246 valence electrons. The first kappa shape index (κ1) is 31.5. The Labute approximate surface area is 294 Å². The van der Waals surface area contributed by atoms with Crippen LogP contribution in [-0.2, 0) is 22.7 Å². The summed E-state index contributed by atoms with van der Waals surface area (Å²) in [5.74, 6) is 0.516. The molecule has 0 fully saturated rings. The van der Waals surface area contributed by atoms with E-state index in [9.17, 15) is 0 Å². The second-order valence-electron chi connectivity index (χ2n) is 14.1. The van der Waals surface area contributed by atoms with Crippen molar-refractivity contribution in [2.45, 2.75) is 52.6 Å². The van der Waals surface area contributed by atoms with Crippen molar-refractivity contribution in [2.24, 2.45) is 0 Å². The van der Waals surface area contributed by atoms with Gasteiger partial charge < -0.3 is 9.80 Å². The monoisotopic (exact) mass is 652 g/mol. The van der Waals surface area contributed by atoms with E-state index >= 15 is 9.59 Å². The van der Waals surface area contributed by atoms with Crippen LogP contribution in [-0.4, -0.2) is 21.6 Å². The van der Waals surface area contributed by atoms with Crippen molar-refractivity contribution in [3.8, 4) is 0 Å². The third-order valence-corrected chi connectivity index (χ3v) is 10.2. The van der Waals surface area contributed by atoms with Crippen LogP contribution in [0.2, 0.25) is 0 Å². The van der Waals surface area contributed by atoms with Gasteiger partial charge in [-0.15, -0.1) is 0 Å². The van der Waals surface area contributed by atoms with Crippen molar-refractivity contribution in [3.63, 3.8) is 0 Å². The van der Waals surface area contributed by atoms with Crippen LogP contribution in [0.1, 0.15) is 72.9 Å². The van der Waals surface area contributed by atoms with Gasteiger partial charge in [-0.3, -0.25) is 9.59 Å². The summed E-state index contributed by atoms with van der Waals surface area (Å²) in [6.45, 7) is 9.44. The van der Waals surface area contributed by atoms with Crippen LogP contribution in [0.15, 0.2) is 145 Å². The molecule has 2 aliphatic rings. The maximum absolute atomic E-state index is 15.1. The summed E-state index contributed by atoms with van der Waals surface area (Å²) >= 11 is 0. The molecule has 0 aliphatic carbocycles. The molecule has 0 bridgehead atoms. The zero-order valence-electron chi connectivity index (χ0n) is 29.0. The summed E-state index contributed by atoms with van der Waals surface area (Å²) in [6, 6.07) is 45.7. The van der Waals surface area contributed by atoms with Crippen LogP contribution in [0.25, 0.3) is 32.9 Å². The minimum absolute atomic E-state index is 0.148. The maximum Gasteiger partial charge on any atom is 0.261 e. The Morgan fingerprint density at radius 2 is 0.800 bits per heavy atom. The van der Waals surface area contributed by atoms with E-state index in [1.807, 2.05) is 58.3 Å². The van der Waals surface area contributed by atoms with E-state index < -0.39 is 0 Å². The highest BCUT2D eigenvalue weighted by molar-refractivity contribution is 6.31. The van der Waals surface area contributed by atoms with Crippen LogP contribution in [0.4, 0.5) is 0 Å². The van der Waals surface area contributed by atoms with Gasteiger partial charge in [-0.05, 0) is 55.6 Å². The lowest BCUT2D eigenvalue weighted by atomic mass is 9.96. The molecule has 4 nitrogen and oxygen atoms in total. The van der Waals surface area contributed by atoms with Gasteiger partial charge in [-0.2, -0.15) is 0 Å². The molecule has 0 radical (unpaired) electrons. The number of fused-ring (bicyclic) bond motifs is 3. The smallest absolute Gasteiger partial charge is 0.261 e. The average Bonchev–Trinajstić information content (AvgIpc) is 3.57. The van der Waals surface area contributed by atoms with Gasteiger partial charge in [0.15, 0.2) is 0 Å². The molecule has 50 heavy (non-hydrogen) atoms. The van der Waals surface area contributed by atoms with Crippen molar-refractivity contribution in [3.05, 3.63) is 178 Å². The maximum atomic E-state index is 15.1. The fraction of sp³-hybridized carbons (Fsp3) is 0.174. The predicted octanol–water partition coefficient (Wildman–Crippen LogP) is 10.4. The molecule has 6 aromatic rings. The summed E-state index contributed by atoms with van der Waals surface area (Å²) in [4.78, 5) is 33.9. The molecule has 0 atom stereocenters. The molecule has 8 rings (SSSR count). The minimum atomic E-state index is -0.148. The largest absolute Gasteiger partial charge is 0.302 e. The van der Waals surface area contributed by atoms with E-state index in [-0.39, 0.29) is 11.8 Å². The van der Waals surface area contributed by atoms with Crippen molar-refractivity contribution in [2.75, 3.05) is 0 Å². The molecule has 0 unspecified atom stereocenters. The third kappa shape index (κ3) is 5.32. The first-order valence-corrected chi connectivity index (χ1v) is 17.6. The zero-order chi connectivity index (χ0) is 34.5. The van der Waals surface area contributed by atoms with E-state index in [1.165, 1.54) is 11.1 Å². The Morgan fingerprint density at radius 1 is 0.440 bits per heavy atom. The standard InChI is InChI=1S/C46H40N2O2/c1-29(2)33-23-19-31(20-24-33)27-47-43(39-17-9-13-35-11-5-7-15-37(35)39)41-42(45(47)49)44(40-18-10-14-36-12-6-8-16-38(36)40)48(46(41)50)28-32-21-25-34(26-22-32)30(3)4/h5-26,29-30H,27-28H2,1-4H3. The van der Waals surface area contributed by atoms with Gasteiger partial charge in [0, 0.05) is 11.1 Å². The van der Waals surface area contributed by atoms with Gasteiger partial charge in [-0.25, -0.2) is 0 Å². The van der Waals surface area contributed by atoms with Gasteiger partial charge >= 0.3 is 0 Å². The van der Waals surface area contributed by atoms with Gasteiger partial charge in [-0.1, -0.05) is 161 Å². The Hall–Kier alpha value is -5.74. The quantitative estimate of drug-likeness (QED) is 0.164. The second-order valence-corrected chi connectivity index (χ2v) is 14.1. The molecular formula is C46H40N2O2. The molecule has 4 heteroatoms. The lowest BCUT2D eigenvalue weighted by Gasteiger charge is -2.26. The Kier molecular flexibility index (Phi) is 7.95. The predicted molar refractivity (Wildman–Crippen MR) is 204 cm³/mol. The number of carbonyl (C=O) groups is 2. The van der Waals surface area contributed by atoms with Crippen LogP contribution < -0.4 is 0 Å². The summed E-state index contributed by atoms with van der Waals surface area (Å²) < 4.78 is 0. The van der Waals surface area contributed by atoms with Gasteiger partial charge in [0.25, 0.3) is 11.8 Å². The van der Waals surface area contributed by atoms with E-state index in [0.717, 1.165) is 43.8 Å². The second kappa shape index (κ2) is 12.6. The van der Waals surface area contributed by atoms with Gasteiger partial charge in [0.05, 0.1) is 35.6 Å². The van der Waals surface area contributed by atoms with Crippen LogP contribution in [0, 0.1) is 0 Å². The molecule has 2 heterocycles. The molecule has 0 aromatic heterocycles. The fourth-order valence-electron chi connectivity index (χ4n) is 7.50. The molecule has 2 aliphatic heterocycles. The summed E-state index contributed by atoms with van der Waals surface area (Å²) in [5, 5.41) is 4.14. The first-order valence-electron chi connectivity index (χ1n) is 17.6. The molecule has 0 N–H and O–H groups in total. The fourth-order valence-corrected chi connectivity index (χ4v) is 7.50. The van der Waals surface area contributed by atoms with Crippen molar-refractivity contribution >= 4 is 44.8 Å². The van der Waals surface area contributed by atoms with Crippen LogP contribution in [0.3, 0.4) is 0 Å². The lowest BCUT2D eigenvalue weighted by Crippen LogP contribution is -2.29. The van der Waals surface area contributed by atoms with E-state index in [2.05, 4.69) is 113 Å². The summed E-state index contributed by atoms with van der Waals surface area (Å²) in [6.07, 6.45) is 0. The van der Waals surface area contributed by atoms with Crippen molar-refractivity contribution in [1.82, 2.24) is 9.80 Å². The first-order chi connectivity index (χ1) is 24.3.